The van der Waals surface area contributed by atoms with Crippen molar-refractivity contribution in [3.8, 4) is 0 Å². The molecule has 2 heteroatoms. The van der Waals surface area contributed by atoms with E-state index in [0.29, 0.717) is 6.61 Å². The quantitative estimate of drug-likeness (QED) is 0.534. The van der Waals surface area contributed by atoms with Gasteiger partial charge in [-0.05, 0) is 12.8 Å². The first-order valence-corrected chi connectivity index (χ1v) is 5.51. The first-order valence-electron chi connectivity index (χ1n) is 5.51. The van der Waals surface area contributed by atoms with E-state index in [1.165, 1.54) is 44.9 Å². The Balaban J connectivity index is 2.76. The number of rotatable bonds is 10. The van der Waals surface area contributed by atoms with E-state index in [0.717, 1.165) is 13.0 Å². The number of methoxy groups -OCH3 is 1. The Labute approximate surface area is 82.3 Å². The monoisotopic (exact) mass is 188 g/mol. The Bertz CT molecular complexity index is 74.2. The summed E-state index contributed by atoms with van der Waals surface area (Å²) in [7, 11) is 1.76. The molecule has 0 unspecified atom stereocenters. The molecule has 0 atom stereocenters. The normalized spacial score (nSPS) is 10.6. The molecule has 0 aliphatic heterocycles. The van der Waals surface area contributed by atoms with Crippen LogP contribution in [0.4, 0.5) is 0 Å². The summed E-state index contributed by atoms with van der Waals surface area (Å²) in [6.07, 6.45) is 9.95. The summed E-state index contributed by atoms with van der Waals surface area (Å²) in [5, 5.41) is 8.55. The number of hydrogen-bond donors (Lipinski definition) is 1. The fourth-order valence-corrected chi connectivity index (χ4v) is 1.42. The predicted octanol–water partition coefficient (Wildman–Crippen LogP) is 2.75. The van der Waals surface area contributed by atoms with Gasteiger partial charge in [-0.15, -0.1) is 0 Å². The second-order valence-corrected chi connectivity index (χ2v) is 3.54. The maximum Gasteiger partial charge on any atom is 0.0462 e. The molecule has 0 fully saturated rings. The lowest BCUT2D eigenvalue weighted by Crippen LogP contribution is -1.88. The summed E-state index contributed by atoms with van der Waals surface area (Å²) < 4.78 is 4.97. The van der Waals surface area contributed by atoms with E-state index in [1.54, 1.807) is 7.11 Å². The van der Waals surface area contributed by atoms with Crippen LogP contribution in [0.3, 0.4) is 0 Å². The predicted molar refractivity (Wildman–Crippen MR) is 55.9 cm³/mol. The van der Waals surface area contributed by atoms with Gasteiger partial charge < -0.3 is 9.84 Å². The molecule has 0 spiro atoms. The zero-order chi connectivity index (χ0) is 9.78. The Morgan fingerprint density at radius 3 is 1.69 bits per heavy atom. The van der Waals surface area contributed by atoms with E-state index in [1.807, 2.05) is 0 Å². The van der Waals surface area contributed by atoms with Crippen molar-refractivity contribution in [2.24, 2.45) is 0 Å². The molecule has 0 rings (SSSR count). The van der Waals surface area contributed by atoms with Crippen molar-refractivity contribution < 1.29 is 9.84 Å². The Kier molecular flexibility index (Phi) is 11.8. The lowest BCUT2D eigenvalue weighted by atomic mass is 10.1. The topological polar surface area (TPSA) is 29.5 Å². The number of unbranched alkanes of at least 4 members (excludes halogenated alkanes) is 7. The Morgan fingerprint density at radius 1 is 0.769 bits per heavy atom. The number of ether oxygens (including phenoxy) is 1. The molecule has 0 radical (unpaired) electrons. The third-order valence-corrected chi connectivity index (χ3v) is 2.26. The Hall–Kier alpha value is -0.0800. The van der Waals surface area contributed by atoms with Gasteiger partial charge in [-0.2, -0.15) is 0 Å². The molecule has 0 aromatic heterocycles. The number of hydrogen-bond acceptors (Lipinski definition) is 2. The van der Waals surface area contributed by atoms with Gasteiger partial charge in [0.1, 0.15) is 0 Å². The van der Waals surface area contributed by atoms with E-state index in [9.17, 15) is 0 Å². The first kappa shape index (κ1) is 12.9. The van der Waals surface area contributed by atoms with Gasteiger partial charge in [0.15, 0.2) is 0 Å². The van der Waals surface area contributed by atoms with Crippen LogP contribution >= 0.6 is 0 Å². The van der Waals surface area contributed by atoms with E-state index in [-0.39, 0.29) is 0 Å². The summed E-state index contributed by atoms with van der Waals surface area (Å²) in [4.78, 5) is 0. The van der Waals surface area contributed by atoms with Gasteiger partial charge in [-0.1, -0.05) is 38.5 Å². The molecule has 13 heavy (non-hydrogen) atoms. The van der Waals surface area contributed by atoms with E-state index >= 15 is 0 Å². The summed E-state index contributed by atoms with van der Waals surface area (Å²) in [6, 6.07) is 0. The van der Waals surface area contributed by atoms with Crippen molar-refractivity contribution in [3.05, 3.63) is 0 Å². The maximum absolute atomic E-state index is 8.55. The van der Waals surface area contributed by atoms with Crippen LogP contribution in [0.25, 0.3) is 0 Å². The van der Waals surface area contributed by atoms with Gasteiger partial charge in [-0.25, -0.2) is 0 Å². The highest BCUT2D eigenvalue weighted by molar-refractivity contribution is 4.46. The van der Waals surface area contributed by atoms with Crippen LogP contribution in [0.15, 0.2) is 0 Å². The molecule has 1 N–H and O–H groups in total. The average molecular weight is 188 g/mol. The van der Waals surface area contributed by atoms with Crippen molar-refractivity contribution in [2.75, 3.05) is 20.3 Å². The molecule has 0 bridgehead atoms. The van der Waals surface area contributed by atoms with E-state index in [4.69, 9.17) is 9.84 Å². The zero-order valence-corrected chi connectivity index (χ0v) is 8.93. The number of aliphatic hydroxyl groups excluding tert-OH is 1. The molecular formula is C11H24O2. The van der Waals surface area contributed by atoms with Gasteiger partial charge in [0, 0.05) is 20.3 Å². The molecule has 0 aliphatic rings. The minimum atomic E-state index is 0.355. The van der Waals surface area contributed by atoms with Crippen molar-refractivity contribution in [1.82, 2.24) is 0 Å². The smallest absolute Gasteiger partial charge is 0.0462 e. The molecule has 80 valence electrons. The largest absolute Gasteiger partial charge is 0.396 e. The molecule has 0 aromatic carbocycles. The standard InChI is InChI=1S/C11H24O2/c1-13-11-9-7-5-3-2-4-6-8-10-12/h12H,2-11H2,1H3. The van der Waals surface area contributed by atoms with Crippen LogP contribution in [0.2, 0.25) is 0 Å². The van der Waals surface area contributed by atoms with Crippen LogP contribution < -0.4 is 0 Å². The first-order chi connectivity index (χ1) is 6.41. The minimum Gasteiger partial charge on any atom is -0.396 e. The lowest BCUT2D eigenvalue weighted by Gasteiger charge is -2.00. The van der Waals surface area contributed by atoms with Crippen molar-refractivity contribution >= 4 is 0 Å². The van der Waals surface area contributed by atoms with Crippen molar-refractivity contribution in [1.29, 1.82) is 0 Å². The van der Waals surface area contributed by atoms with Crippen LogP contribution in [0.1, 0.15) is 51.4 Å². The summed E-state index contributed by atoms with van der Waals surface area (Å²) in [6.45, 7) is 1.26. The fourth-order valence-electron chi connectivity index (χ4n) is 1.42. The van der Waals surface area contributed by atoms with Gasteiger partial charge in [0.25, 0.3) is 0 Å². The Morgan fingerprint density at radius 2 is 1.23 bits per heavy atom. The third kappa shape index (κ3) is 11.9. The summed E-state index contributed by atoms with van der Waals surface area (Å²) >= 11 is 0. The maximum atomic E-state index is 8.55. The van der Waals surface area contributed by atoms with Gasteiger partial charge in [0.2, 0.25) is 0 Å². The molecule has 0 saturated carbocycles. The van der Waals surface area contributed by atoms with E-state index in [2.05, 4.69) is 0 Å². The molecule has 0 heterocycles. The van der Waals surface area contributed by atoms with Crippen LogP contribution in [0, 0.1) is 0 Å². The van der Waals surface area contributed by atoms with Crippen molar-refractivity contribution in [2.45, 2.75) is 51.4 Å². The molecule has 0 aromatic rings. The minimum absolute atomic E-state index is 0.355. The summed E-state index contributed by atoms with van der Waals surface area (Å²) in [5.74, 6) is 0. The molecule has 0 saturated heterocycles. The van der Waals surface area contributed by atoms with Crippen LogP contribution in [-0.2, 0) is 4.74 Å². The molecular weight excluding hydrogens is 164 g/mol. The van der Waals surface area contributed by atoms with Crippen LogP contribution in [0.5, 0.6) is 0 Å². The van der Waals surface area contributed by atoms with E-state index < -0.39 is 0 Å². The molecule has 0 amide bonds. The molecule has 2 nitrogen and oxygen atoms in total. The SMILES string of the molecule is COCCCCCCCCCCO. The van der Waals surface area contributed by atoms with Crippen molar-refractivity contribution in [3.63, 3.8) is 0 Å². The number of aliphatic hydroxyl groups is 1. The highest BCUT2D eigenvalue weighted by Crippen LogP contribution is 2.08. The third-order valence-electron chi connectivity index (χ3n) is 2.26. The average Bonchev–Trinajstić information content (AvgIpc) is 2.16. The van der Waals surface area contributed by atoms with Crippen LogP contribution in [-0.4, -0.2) is 25.4 Å². The van der Waals surface area contributed by atoms with Gasteiger partial charge >= 0.3 is 0 Å². The highest BCUT2D eigenvalue weighted by atomic mass is 16.5. The zero-order valence-electron chi connectivity index (χ0n) is 8.93. The van der Waals surface area contributed by atoms with Gasteiger partial charge in [0.05, 0.1) is 0 Å². The second-order valence-electron chi connectivity index (χ2n) is 3.54. The lowest BCUT2D eigenvalue weighted by molar-refractivity contribution is 0.192. The second kappa shape index (κ2) is 11.9. The van der Waals surface area contributed by atoms with Gasteiger partial charge in [-0.3, -0.25) is 0 Å². The fraction of sp³-hybridized carbons (Fsp3) is 1.00. The molecule has 0 aliphatic carbocycles. The highest BCUT2D eigenvalue weighted by Gasteiger charge is 1.91. The summed E-state index contributed by atoms with van der Waals surface area (Å²) in [5.41, 5.74) is 0.